The minimum Gasteiger partial charge on any atom is -0.480 e. The van der Waals surface area contributed by atoms with Gasteiger partial charge in [0.1, 0.15) is 18.7 Å². The van der Waals surface area contributed by atoms with Crippen LogP contribution in [0.3, 0.4) is 0 Å². The topological polar surface area (TPSA) is 85.8 Å². The Bertz CT molecular complexity index is 699. The Labute approximate surface area is 115 Å². The first kappa shape index (κ1) is 14.3. The van der Waals surface area contributed by atoms with Crippen molar-refractivity contribution >= 4 is 11.5 Å². The molecule has 0 saturated carbocycles. The molecule has 0 unspecified atom stereocenters. The van der Waals surface area contributed by atoms with Gasteiger partial charge >= 0.3 is 5.97 Å². The molecule has 2 aromatic heterocycles. The number of hydrogen-bond acceptors (Lipinski definition) is 4. The number of hydrogen-bond donors (Lipinski definition) is 1. The smallest absolute Gasteiger partial charge is 0.325 e. The van der Waals surface area contributed by atoms with Gasteiger partial charge in [-0.3, -0.25) is 14.0 Å². The molecule has 0 aliphatic rings. The van der Waals surface area contributed by atoms with Crippen LogP contribution >= 0.6 is 0 Å². The van der Waals surface area contributed by atoms with E-state index >= 15 is 0 Å². The van der Waals surface area contributed by atoms with Gasteiger partial charge in [0, 0.05) is 13.3 Å². The Morgan fingerprint density at radius 3 is 2.75 bits per heavy atom. The molecule has 0 radical (unpaired) electrons. The zero-order valence-corrected chi connectivity index (χ0v) is 11.7. The molecule has 20 heavy (non-hydrogen) atoms. The van der Waals surface area contributed by atoms with Gasteiger partial charge in [-0.15, -0.1) is 0 Å². The lowest BCUT2D eigenvalue weighted by Crippen LogP contribution is -2.29. The second-order valence-electron chi connectivity index (χ2n) is 4.89. The van der Waals surface area contributed by atoms with Crippen LogP contribution in [-0.4, -0.2) is 32.4 Å². The second kappa shape index (κ2) is 5.46. The third kappa shape index (κ3) is 2.57. The molecule has 2 heterocycles. The van der Waals surface area contributed by atoms with Crippen molar-refractivity contribution in [3.63, 3.8) is 0 Å². The van der Waals surface area contributed by atoms with E-state index in [1.165, 1.54) is 7.11 Å². The molecule has 0 aliphatic carbocycles. The van der Waals surface area contributed by atoms with E-state index in [0.29, 0.717) is 11.3 Å². The van der Waals surface area contributed by atoms with E-state index in [9.17, 15) is 9.59 Å². The molecule has 7 heteroatoms. The fourth-order valence-corrected chi connectivity index (χ4v) is 2.01. The van der Waals surface area contributed by atoms with E-state index in [2.05, 4.69) is 5.10 Å². The molecule has 0 spiro atoms. The summed E-state index contributed by atoms with van der Waals surface area (Å²) in [4.78, 5) is 23.0. The lowest BCUT2D eigenvalue weighted by atomic mass is 10.1. The molecule has 0 bridgehead atoms. The number of carboxylic acid groups (broad SMARTS) is 1. The average molecular weight is 279 g/mol. The average Bonchev–Trinajstić information content (AvgIpc) is 2.80. The van der Waals surface area contributed by atoms with E-state index in [4.69, 9.17) is 9.84 Å². The molecule has 2 aromatic rings. The summed E-state index contributed by atoms with van der Waals surface area (Å²) in [6.45, 7) is 3.78. The van der Waals surface area contributed by atoms with Gasteiger partial charge in [-0.1, -0.05) is 13.8 Å². The largest absolute Gasteiger partial charge is 0.480 e. The first-order valence-corrected chi connectivity index (χ1v) is 6.26. The number of carboxylic acids is 1. The quantitative estimate of drug-likeness (QED) is 0.877. The standard InChI is InChI=1S/C13H17N3O4/c1-8(2)9-4-10-13(19)16(6-12(17)18)14-11(7-20-3)15(10)5-9/h4-5,8H,6-7H2,1-3H3,(H,17,18). The second-order valence-corrected chi connectivity index (χ2v) is 4.89. The van der Waals surface area contributed by atoms with Crippen LogP contribution in [0.25, 0.3) is 5.52 Å². The highest BCUT2D eigenvalue weighted by Gasteiger charge is 2.15. The van der Waals surface area contributed by atoms with Crippen LogP contribution in [0.1, 0.15) is 31.2 Å². The van der Waals surface area contributed by atoms with Gasteiger partial charge in [-0.05, 0) is 17.5 Å². The lowest BCUT2D eigenvalue weighted by Gasteiger charge is -2.08. The van der Waals surface area contributed by atoms with Crippen molar-refractivity contribution < 1.29 is 14.6 Å². The molecule has 0 aromatic carbocycles. The maximum Gasteiger partial charge on any atom is 0.325 e. The van der Waals surface area contributed by atoms with Crippen molar-refractivity contribution in [2.75, 3.05) is 7.11 Å². The summed E-state index contributed by atoms with van der Waals surface area (Å²) >= 11 is 0. The first-order chi connectivity index (χ1) is 9.43. The summed E-state index contributed by atoms with van der Waals surface area (Å²) in [6, 6.07) is 1.77. The van der Waals surface area contributed by atoms with Crippen LogP contribution in [0, 0.1) is 0 Å². The number of nitrogens with zero attached hydrogens (tertiary/aromatic N) is 3. The summed E-state index contributed by atoms with van der Waals surface area (Å²) in [5, 5.41) is 12.9. The van der Waals surface area contributed by atoms with Crippen LogP contribution in [0.5, 0.6) is 0 Å². The summed E-state index contributed by atoms with van der Waals surface area (Å²) in [7, 11) is 1.52. The van der Waals surface area contributed by atoms with Gasteiger partial charge < -0.3 is 9.84 Å². The van der Waals surface area contributed by atoms with E-state index in [-0.39, 0.29) is 12.5 Å². The molecule has 0 saturated heterocycles. The molecule has 2 rings (SSSR count). The summed E-state index contributed by atoms with van der Waals surface area (Å²) in [5.74, 6) is -0.351. The monoisotopic (exact) mass is 279 g/mol. The fraction of sp³-hybridized carbons (Fsp3) is 0.462. The van der Waals surface area contributed by atoms with Crippen LogP contribution in [0.2, 0.25) is 0 Å². The molecule has 0 aliphatic heterocycles. The van der Waals surface area contributed by atoms with E-state index in [0.717, 1.165) is 10.2 Å². The number of methoxy groups -OCH3 is 1. The molecule has 7 nitrogen and oxygen atoms in total. The third-order valence-corrected chi connectivity index (χ3v) is 3.03. The first-order valence-electron chi connectivity index (χ1n) is 6.26. The number of carbonyl (C=O) groups is 1. The predicted octanol–water partition coefficient (Wildman–Crippen LogP) is 0.850. The van der Waals surface area contributed by atoms with Gasteiger partial charge in [0.15, 0.2) is 5.82 Å². The molecule has 0 fully saturated rings. The molecule has 0 amide bonds. The molecule has 1 N–H and O–H groups in total. The zero-order chi connectivity index (χ0) is 14.9. The van der Waals surface area contributed by atoms with Crippen molar-refractivity contribution in [1.82, 2.24) is 14.2 Å². The number of fused-ring (bicyclic) bond motifs is 1. The number of rotatable bonds is 5. The summed E-state index contributed by atoms with van der Waals surface area (Å²) in [6.07, 6.45) is 1.84. The number of aliphatic carboxylic acids is 1. The van der Waals surface area contributed by atoms with Gasteiger partial charge in [0.2, 0.25) is 0 Å². The van der Waals surface area contributed by atoms with E-state index in [1.54, 1.807) is 10.5 Å². The van der Waals surface area contributed by atoms with Crippen LogP contribution in [-0.2, 0) is 22.7 Å². The van der Waals surface area contributed by atoms with Crippen LogP contribution in [0.15, 0.2) is 17.1 Å². The van der Waals surface area contributed by atoms with Crippen molar-refractivity contribution in [3.8, 4) is 0 Å². The van der Waals surface area contributed by atoms with Crippen molar-refractivity contribution in [3.05, 3.63) is 34.0 Å². The fourth-order valence-electron chi connectivity index (χ4n) is 2.01. The predicted molar refractivity (Wildman–Crippen MR) is 71.9 cm³/mol. The highest BCUT2D eigenvalue weighted by atomic mass is 16.5. The maximum atomic E-state index is 12.2. The number of aromatic nitrogens is 3. The summed E-state index contributed by atoms with van der Waals surface area (Å²) < 4.78 is 7.68. The molecule has 108 valence electrons. The Balaban J connectivity index is 2.70. The summed E-state index contributed by atoms with van der Waals surface area (Å²) in [5.41, 5.74) is 0.991. The molecular formula is C13H17N3O4. The minimum atomic E-state index is -1.11. The van der Waals surface area contributed by atoms with Crippen LogP contribution in [0.4, 0.5) is 0 Å². The Morgan fingerprint density at radius 1 is 1.50 bits per heavy atom. The minimum absolute atomic E-state index is 0.197. The van der Waals surface area contributed by atoms with E-state index in [1.807, 2.05) is 20.0 Å². The van der Waals surface area contributed by atoms with Crippen molar-refractivity contribution in [2.45, 2.75) is 32.9 Å². The van der Waals surface area contributed by atoms with Crippen molar-refractivity contribution in [2.24, 2.45) is 0 Å². The van der Waals surface area contributed by atoms with Gasteiger partial charge in [0.05, 0.1) is 0 Å². The Hall–Kier alpha value is -2.15. The Morgan fingerprint density at radius 2 is 2.20 bits per heavy atom. The van der Waals surface area contributed by atoms with Gasteiger partial charge in [-0.2, -0.15) is 5.10 Å². The zero-order valence-electron chi connectivity index (χ0n) is 11.7. The Kier molecular flexibility index (Phi) is 3.89. The van der Waals surface area contributed by atoms with Crippen LogP contribution < -0.4 is 5.56 Å². The highest BCUT2D eigenvalue weighted by molar-refractivity contribution is 5.66. The number of ether oxygens (including phenoxy) is 1. The van der Waals surface area contributed by atoms with E-state index < -0.39 is 18.1 Å². The lowest BCUT2D eigenvalue weighted by molar-refractivity contribution is -0.138. The van der Waals surface area contributed by atoms with Gasteiger partial charge in [-0.25, -0.2) is 4.68 Å². The van der Waals surface area contributed by atoms with Gasteiger partial charge in [0.25, 0.3) is 5.56 Å². The van der Waals surface area contributed by atoms with Crippen molar-refractivity contribution in [1.29, 1.82) is 0 Å². The molecule has 0 atom stereocenters. The molecular weight excluding hydrogens is 262 g/mol. The highest BCUT2D eigenvalue weighted by Crippen LogP contribution is 2.17. The normalized spacial score (nSPS) is 11.4. The third-order valence-electron chi connectivity index (χ3n) is 3.03. The maximum absolute atomic E-state index is 12.2. The SMILES string of the molecule is COCc1nn(CC(=O)O)c(=O)c2cc(C(C)C)cn12.